The second-order valence-corrected chi connectivity index (χ2v) is 5.34. The molecule has 1 aromatic rings. The van der Waals surface area contributed by atoms with Crippen LogP contribution in [-0.2, 0) is 0 Å². The highest BCUT2D eigenvalue weighted by Gasteiger charge is 2.36. The Kier molecular flexibility index (Phi) is 2.79. The molecule has 76 valence electrons. The van der Waals surface area contributed by atoms with Crippen LogP contribution < -0.4 is 5.73 Å². The van der Waals surface area contributed by atoms with Gasteiger partial charge in [-0.25, -0.2) is 4.39 Å². The predicted octanol–water partition coefficient (Wildman–Crippen LogP) is 2.80. The smallest absolute Gasteiger partial charge is 0.124 e. The molecule has 0 atom stereocenters. The van der Waals surface area contributed by atoms with Crippen molar-refractivity contribution in [2.45, 2.75) is 28.9 Å². The largest absolute Gasteiger partial charge is 0.329 e. The quantitative estimate of drug-likeness (QED) is 0.832. The molecule has 1 nitrogen and oxygen atoms in total. The molecule has 0 radical (unpaired) electrons. The van der Waals surface area contributed by atoms with Gasteiger partial charge in [0.05, 0.1) is 0 Å². The van der Waals surface area contributed by atoms with Gasteiger partial charge in [0.1, 0.15) is 5.82 Å². The zero-order valence-corrected chi connectivity index (χ0v) is 8.82. The van der Waals surface area contributed by atoms with Crippen LogP contribution >= 0.6 is 11.8 Å². The summed E-state index contributed by atoms with van der Waals surface area (Å²) in [7, 11) is 0. The van der Waals surface area contributed by atoms with E-state index >= 15 is 0 Å². The van der Waals surface area contributed by atoms with Crippen molar-refractivity contribution in [1.82, 2.24) is 0 Å². The van der Waals surface area contributed by atoms with Gasteiger partial charge in [-0.05, 0) is 31.0 Å². The third-order valence-corrected chi connectivity index (χ3v) is 4.26. The first-order valence-electron chi connectivity index (χ1n) is 4.89. The maximum Gasteiger partial charge on any atom is 0.124 e. The van der Waals surface area contributed by atoms with Gasteiger partial charge in [-0.3, -0.25) is 0 Å². The Morgan fingerprint density at radius 3 is 2.71 bits per heavy atom. The molecule has 1 fully saturated rings. The first-order valence-corrected chi connectivity index (χ1v) is 5.70. The summed E-state index contributed by atoms with van der Waals surface area (Å²) in [5.41, 5.74) is 5.74. The fraction of sp³-hybridized carbons (Fsp3) is 0.455. The molecule has 0 spiro atoms. The van der Waals surface area contributed by atoms with E-state index in [9.17, 15) is 4.39 Å². The summed E-state index contributed by atoms with van der Waals surface area (Å²) in [6.45, 7) is 0.689. The van der Waals surface area contributed by atoms with Crippen molar-refractivity contribution in [2.24, 2.45) is 5.73 Å². The van der Waals surface area contributed by atoms with Crippen LogP contribution in [0.1, 0.15) is 19.3 Å². The minimum absolute atomic E-state index is 0.165. The Balaban J connectivity index is 2.09. The van der Waals surface area contributed by atoms with Crippen LogP contribution in [-0.4, -0.2) is 11.3 Å². The molecular weight excluding hydrogens is 197 g/mol. The van der Waals surface area contributed by atoms with E-state index in [1.54, 1.807) is 23.9 Å². The van der Waals surface area contributed by atoms with E-state index in [2.05, 4.69) is 0 Å². The van der Waals surface area contributed by atoms with Crippen LogP contribution in [0.2, 0.25) is 0 Å². The first-order chi connectivity index (χ1) is 6.74. The first kappa shape index (κ1) is 9.99. The van der Waals surface area contributed by atoms with Crippen molar-refractivity contribution in [2.75, 3.05) is 6.54 Å². The Morgan fingerprint density at radius 2 is 2.21 bits per heavy atom. The van der Waals surface area contributed by atoms with E-state index in [0.717, 1.165) is 17.7 Å². The number of halogens is 1. The van der Waals surface area contributed by atoms with Gasteiger partial charge >= 0.3 is 0 Å². The number of nitrogens with two attached hydrogens (primary N) is 1. The lowest BCUT2D eigenvalue weighted by Gasteiger charge is -2.40. The number of hydrogen-bond acceptors (Lipinski definition) is 2. The third kappa shape index (κ3) is 1.93. The highest BCUT2D eigenvalue weighted by atomic mass is 32.2. The minimum Gasteiger partial charge on any atom is -0.329 e. The lowest BCUT2D eigenvalue weighted by atomic mass is 9.84. The molecule has 2 rings (SSSR count). The zero-order valence-electron chi connectivity index (χ0n) is 8.00. The Labute approximate surface area is 87.9 Å². The standard InChI is InChI=1S/C11H14FNS/c12-9-3-1-4-10(7-9)14-11(8-13)5-2-6-11/h1,3-4,7H,2,5-6,8,13H2. The van der Waals surface area contributed by atoms with Crippen molar-refractivity contribution in [3.63, 3.8) is 0 Å². The highest BCUT2D eigenvalue weighted by molar-refractivity contribution is 8.00. The zero-order chi connectivity index (χ0) is 10.0. The molecule has 1 aromatic carbocycles. The van der Waals surface area contributed by atoms with E-state index < -0.39 is 0 Å². The highest BCUT2D eigenvalue weighted by Crippen LogP contribution is 2.46. The third-order valence-electron chi connectivity index (χ3n) is 2.77. The van der Waals surface area contributed by atoms with E-state index in [0.29, 0.717) is 6.54 Å². The number of benzene rings is 1. The SMILES string of the molecule is NCC1(Sc2cccc(F)c2)CCC1. The lowest BCUT2D eigenvalue weighted by Crippen LogP contribution is -2.40. The van der Waals surface area contributed by atoms with E-state index in [-0.39, 0.29) is 10.6 Å². The number of thioether (sulfide) groups is 1. The molecule has 2 N–H and O–H groups in total. The van der Waals surface area contributed by atoms with Crippen molar-refractivity contribution in [3.8, 4) is 0 Å². The Hall–Kier alpha value is -0.540. The summed E-state index contributed by atoms with van der Waals surface area (Å²) in [5, 5.41) is 0. The second-order valence-electron chi connectivity index (χ2n) is 3.80. The van der Waals surface area contributed by atoms with Crippen LogP contribution in [0.3, 0.4) is 0 Å². The van der Waals surface area contributed by atoms with Crippen LogP contribution in [0.25, 0.3) is 0 Å². The van der Waals surface area contributed by atoms with Crippen LogP contribution in [0.15, 0.2) is 29.2 Å². The molecule has 3 heteroatoms. The molecule has 1 aliphatic carbocycles. The molecule has 0 amide bonds. The summed E-state index contributed by atoms with van der Waals surface area (Å²) in [6, 6.07) is 6.75. The average molecular weight is 211 g/mol. The van der Waals surface area contributed by atoms with Gasteiger partial charge in [0.15, 0.2) is 0 Å². The predicted molar refractivity (Wildman–Crippen MR) is 57.9 cm³/mol. The molecule has 0 heterocycles. The minimum atomic E-state index is -0.165. The molecule has 1 aliphatic rings. The van der Waals surface area contributed by atoms with Crippen LogP contribution in [0, 0.1) is 5.82 Å². The molecule has 0 aliphatic heterocycles. The fourth-order valence-corrected chi connectivity index (χ4v) is 3.09. The molecule has 0 unspecified atom stereocenters. The van der Waals surface area contributed by atoms with E-state index in [4.69, 9.17) is 5.73 Å². The van der Waals surface area contributed by atoms with Gasteiger partial charge in [0.2, 0.25) is 0 Å². The van der Waals surface area contributed by atoms with Crippen molar-refractivity contribution < 1.29 is 4.39 Å². The maximum atomic E-state index is 12.9. The number of hydrogen-bond donors (Lipinski definition) is 1. The summed E-state index contributed by atoms with van der Waals surface area (Å²) in [4.78, 5) is 0.996. The Bertz CT molecular complexity index is 317. The Morgan fingerprint density at radius 1 is 1.43 bits per heavy atom. The molecule has 0 bridgehead atoms. The monoisotopic (exact) mass is 211 g/mol. The van der Waals surface area contributed by atoms with Crippen molar-refractivity contribution in [3.05, 3.63) is 30.1 Å². The van der Waals surface area contributed by atoms with Crippen molar-refractivity contribution in [1.29, 1.82) is 0 Å². The second kappa shape index (κ2) is 3.91. The normalized spacial score (nSPS) is 19.0. The molecular formula is C11H14FNS. The van der Waals surface area contributed by atoms with Gasteiger partial charge in [-0.1, -0.05) is 12.5 Å². The van der Waals surface area contributed by atoms with Gasteiger partial charge in [0, 0.05) is 16.2 Å². The average Bonchev–Trinajstić information content (AvgIpc) is 2.11. The van der Waals surface area contributed by atoms with Gasteiger partial charge in [0.25, 0.3) is 0 Å². The molecule has 14 heavy (non-hydrogen) atoms. The lowest BCUT2D eigenvalue weighted by molar-refractivity contribution is 0.371. The molecule has 0 aromatic heterocycles. The van der Waals surface area contributed by atoms with E-state index in [1.165, 1.54) is 12.5 Å². The molecule has 0 saturated heterocycles. The summed E-state index contributed by atoms with van der Waals surface area (Å²) >= 11 is 1.73. The summed E-state index contributed by atoms with van der Waals surface area (Å²) in [6.07, 6.45) is 3.56. The van der Waals surface area contributed by atoms with Gasteiger partial charge in [-0.15, -0.1) is 11.8 Å². The maximum absolute atomic E-state index is 12.9. The van der Waals surface area contributed by atoms with Crippen LogP contribution in [0.4, 0.5) is 4.39 Å². The summed E-state index contributed by atoms with van der Waals surface area (Å²) < 4.78 is 13.1. The van der Waals surface area contributed by atoms with E-state index in [1.807, 2.05) is 6.07 Å². The topological polar surface area (TPSA) is 26.0 Å². The van der Waals surface area contributed by atoms with Gasteiger partial charge in [-0.2, -0.15) is 0 Å². The van der Waals surface area contributed by atoms with Crippen LogP contribution in [0.5, 0.6) is 0 Å². The fourth-order valence-electron chi connectivity index (χ4n) is 1.70. The number of rotatable bonds is 3. The van der Waals surface area contributed by atoms with Crippen molar-refractivity contribution >= 4 is 11.8 Å². The molecule has 1 saturated carbocycles. The summed E-state index contributed by atoms with van der Waals surface area (Å²) in [5.74, 6) is -0.165. The van der Waals surface area contributed by atoms with Gasteiger partial charge < -0.3 is 5.73 Å².